The highest BCUT2D eigenvalue weighted by atomic mass is 35.5. The van der Waals surface area contributed by atoms with E-state index in [0.717, 1.165) is 41.2 Å². The van der Waals surface area contributed by atoms with Crippen LogP contribution in [-0.4, -0.2) is 34.6 Å². The number of hydrogen-bond donors (Lipinski definition) is 1. The van der Waals surface area contributed by atoms with E-state index in [1.807, 2.05) is 65.2 Å². The van der Waals surface area contributed by atoms with Gasteiger partial charge in [0.05, 0.1) is 0 Å². The maximum Gasteiger partial charge on any atom is 0.270 e. The molecule has 1 unspecified atom stereocenters. The van der Waals surface area contributed by atoms with E-state index in [1.165, 1.54) is 5.56 Å². The Morgan fingerprint density at radius 3 is 2.76 bits per heavy atom. The molecule has 3 aromatic rings. The molecule has 1 saturated heterocycles. The van der Waals surface area contributed by atoms with Gasteiger partial charge < -0.3 is 9.88 Å². The van der Waals surface area contributed by atoms with E-state index in [0.29, 0.717) is 10.9 Å². The van der Waals surface area contributed by atoms with Gasteiger partial charge in [-0.1, -0.05) is 48.0 Å². The fraction of sp³-hybridized carbons (Fsp3) is 0.250. The quantitative estimate of drug-likeness (QED) is 0.677. The predicted molar refractivity (Wildman–Crippen MR) is 105 cm³/mol. The summed E-state index contributed by atoms with van der Waals surface area (Å²) in [7, 11) is 0. The lowest BCUT2D eigenvalue weighted by atomic mass is 10.1. The summed E-state index contributed by atoms with van der Waals surface area (Å²) in [6, 6.07) is 17.9. The van der Waals surface area contributed by atoms with Crippen LogP contribution in [0.1, 0.15) is 27.7 Å². The molecule has 2 aromatic carbocycles. The first kappa shape index (κ1) is 16.6. The molecule has 0 spiro atoms. The van der Waals surface area contributed by atoms with Crippen molar-refractivity contribution in [2.75, 3.05) is 18.8 Å². The summed E-state index contributed by atoms with van der Waals surface area (Å²) < 4.78 is 0. The second-order valence-electron chi connectivity index (χ2n) is 6.23. The minimum Gasteiger partial charge on any atom is -0.351 e. The van der Waals surface area contributed by atoms with Crippen molar-refractivity contribution in [3.05, 3.63) is 70.9 Å². The van der Waals surface area contributed by atoms with E-state index in [2.05, 4.69) is 11.1 Å². The number of H-pyrrole nitrogens is 1. The molecule has 1 amide bonds. The number of aromatic amines is 1. The van der Waals surface area contributed by atoms with Crippen LogP contribution in [0.4, 0.5) is 0 Å². The summed E-state index contributed by atoms with van der Waals surface area (Å²) in [5.74, 6) is 0.999. The van der Waals surface area contributed by atoms with Gasteiger partial charge in [-0.05, 0) is 30.2 Å². The Morgan fingerprint density at radius 2 is 1.92 bits per heavy atom. The van der Waals surface area contributed by atoms with Gasteiger partial charge in [0.1, 0.15) is 5.69 Å². The molecule has 2 heterocycles. The molecule has 1 fully saturated rings. The largest absolute Gasteiger partial charge is 0.351 e. The van der Waals surface area contributed by atoms with Gasteiger partial charge in [0, 0.05) is 40.0 Å². The first-order chi connectivity index (χ1) is 12.2. The zero-order chi connectivity index (χ0) is 17.2. The van der Waals surface area contributed by atoms with E-state index in [9.17, 15) is 4.79 Å². The summed E-state index contributed by atoms with van der Waals surface area (Å²) in [6.45, 7) is 1.51. The Labute approximate surface area is 156 Å². The summed E-state index contributed by atoms with van der Waals surface area (Å²) in [6.07, 6.45) is 0.917. The molecule has 1 aliphatic rings. The van der Waals surface area contributed by atoms with Gasteiger partial charge in [0.25, 0.3) is 5.91 Å². The molecular weight excluding hydrogens is 352 g/mol. The topological polar surface area (TPSA) is 36.1 Å². The maximum atomic E-state index is 12.9. The monoisotopic (exact) mass is 370 g/mol. The SMILES string of the molecule is O=C(c1cc2ccccc2[nH]1)N1CCSC(c2ccccc2Cl)CC1. The average Bonchev–Trinajstić information content (AvgIpc) is 2.92. The van der Waals surface area contributed by atoms with Crippen LogP contribution < -0.4 is 0 Å². The van der Waals surface area contributed by atoms with Gasteiger partial charge in [0.15, 0.2) is 0 Å². The Kier molecular flexibility index (Phi) is 4.73. The van der Waals surface area contributed by atoms with E-state index < -0.39 is 0 Å². The van der Waals surface area contributed by atoms with Gasteiger partial charge in [-0.2, -0.15) is 11.8 Å². The van der Waals surface area contributed by atoms with Gasteiger partial charge in [0.2, 0.25) is 0 Å². The Morgan fingerprint density at radius 1 is 1.12 bits per heavy atom. The highest BCUT2D eigenvalue weighted by Crippen LogP contribution is 2.38. The van der Waals surface area contributed by atoms with Crippen LogP contribution in [0, 0.1) is 0 Å². The number of benzene rings is 2. The molecular formula is C20H19ClN2OS. The molecule has 25 heavy (non-hydrogen) atoms. The number of fused-ring (bicyclic) bond motifs is 1. The summed E-state index contributed by atoms with van der Waals surface area (Å²) in [4.78, 5) is 18.1. The number of amides is 1. The number of halogens is 1. The van der Waals surface area contributed by atoms with Crippen molar-refractivity contribution in [3.63, 3.8) is 0 Å². The number of thioether (sulfide) groups is 1. The molecule has 0 saturated carbocycles. The molecule has 128 valence electrons. The molecule has 1 aliphatic heterocycles. The van der Waals surface area contributed by atoms with Crippen molar-refractivity contribution in [2.45, 2.75) is 11.7 Å². The summed E-state index contributed by atoms with van der Waals surface area (Å²) >= 11 is 8.24. The normalized spacial score (nSPS) is 18.3. The lowest BCUT2D eigenvalue weighted by molar-refractivity contribution is 0.0761. The smallest absolute Gasteiger partial charge is 0.270 e. The second kappa shape index (κ2) is 7.14. The third-order valence-corrected chi connectivity index (χ3v) is 6.30. The Balaban J connectivity index is 1.50. The number of carbonyl (C=O) groups excluding carboxylic acids is 1. The first-order valence-electron chi connectivity index (χ1n) is 8.45. The van der Waals surface area contributed by atoms with Crippen LogP contribution in [0.2, 0.25) is 5.02 Å². The number of rotatable bonds is 2. The number of hydrogen-bond acceptors (Lipinski definition) is 2. The minimum absolute atomic E-state index is 0.0802. The van der Waals surface area contributed by atoms with Gasteiger partial charge >= 0.3 is 0 Å². The van der Waals surface area contributed by atoms with E-state index in [4.69, 9.17) is 11.6 Å². The lowest BCUT2D eigenvalue weighted by Gasteiger charge is -2.19. The van der Waals surface area contributed by atoms with Crippen LogP contribution in [0.5, 0.6) is 0 Å². The second-order valence-corrected chi connectivity index (χ2v) is 7.95. The fourth-order valence-corrected chi connectivity index (χ4v) is 4.92. The fourth-order valence-electron chi connectivity index (χ4n) is 3.32. The number of nitrogens with zero attached hydrogens (tertiary/aromatic N) is 1. The van der Waals surface area contributed by atoms with Crippen molar-refractivity contribution >= 4 is 40.2 Å². The van der Waals surface area contributed by atoms with Crippen molar-refractivity contribution in [1.82, 2.24) is 9.88 Å². The molecule has 4 rings (SSSR count). The Hall–Kier alpha value is -1.91. The van der Waals surface area contributed by atoms with Crippen molar-refractivity contribution in [2.24, 2.45) is 0 Å². The average molecular weight is 371 g/mol. The van der Waals surface area contributed by atoms with Crippen LogP contribution in [0.15, 0.2) is 54.6 Å². The van der Waals surface area contributed by atoms with Crippen molar-refractivity contribution in [1.29, 1.82) is 0 Å². The molecule has 1 aromatic heterocycles. The molecule has 5 heteroatoms. The van der Waals surface area contributed by atoms with Crippen LogP contribution in [-0.2, 0) is 0 Å². The third-order valence-electron chi connectivity index (χ3n) is 4.64. The van der Waals surface area contributed by atoms with Gasteiger partial charge in [-0.3, -0.25) is 4.79 Å². The standard InChI is InChI=1S/C20H19ClN2OS/c21-16-7-3-2-6-15(16)19-9-10-23(11-12-25-19)20(24)18-13-14-5-1-4-8-17(14)22-18/h1-8,13,19,22H,9-12H2. The molecule has 0 radical (unpaired) electrons. The van der Waals surface area contributed by atoms with Crippen LogP contribution in [0.25, 0.3) is 10.9 Å². The zero-order valence-electron chi connectivity index (χ0n) is 13.7. The molecule has 0 aliphatic carbocycles. The van der Waals surface area contributed by atoms with E-state index in [1.54, 1.807) is 0 Å². The molecule has 1 atom stereocenters. The van der Waals surface area contributed by atoms with Crippen LogP contribution in [0.3, 0.4) is 0 Å². The predicted octanol–water partition coefficient (Wildman–Crippen LogP) is 5.14. The van der Waals surface area contributed by atoms with E-state index in [-0.39, 0.29) is 5.91 Å². The lowest BCUT2D eigenvalue weighted by Crippen LogP contribution is -2.33. The third kappa shape index (κ3) is 3.42. The van der Waals surface area contributed by atoms with Gasteiger partial charge in [-0.15, -0.1) is 0 Å². The van der Waals surface area contributed by atoms with Crippen molar-refractivity contribution in [3.8, 4) is 0 Å². The van der Waals surface area contributed by atoms with E-state index >= 15 is 0 Å². The minimum atomic E-state index is 0.0802. The summed E-state index contributed by atoms with van der Waals surface area (Å²) in [5, 5.41) is 2.23. The zero-order valence-corrected chi connectivity index (χ0v) is 15.3. The first-order valence-corrected chi connectivity index (χ1v) is 9.88. The highest BCUT2D eigenvalue weighted by Gasteiger charge is 2.24. The molecule has 1 N–H and O–H groups in total. The molecule has 3 nitrogen and oxygen atoms in total. The number of para-hydroxylation sites is 1. The van der Waals surface area contributed by atoms with Crippen molar-refractivity contribution < 1.29 is 4.79 Å². The van der Waals surface area contributed by atoms with Crippen LogP contribution >= 0.6 is 23.4 Å². The highest BCUT2D eigenvalue weighted by molar-refractivity contribution is 7.99. The summed E-state index contributed by atoms with van der Waals surface area (Å²) in [5.41, 5.74) is 2.85. The number of carbonyl (C=O) groups is 1. The van der Waals surface area contributed by atoms with Gasteiger partial charge in [-0.25, -0.2) is 0 Å². The number of aromatic nitrogens is 1. The molecule has 0 bridgehead atoms. The Bertz CT molecular complexity index is 874. The number of nitrogens with one attached hydrogen (secondary N) is 1. The maximum absolute atomic E-state index is 12.9.